The summed E-state index contributed by atoms with van der Waals surface area (Å²) in [5.41, 5.74) is 1.06. The van der Waals surface area contributed by atoms with Gasteiger partial charge in [0.2, 0.25) is 5.91 Å². The third-order valence-electron chi connectivity index (χ3n) is 4.62. The first-order valence-electron chi connectivity index (χ1n) is 8.71. The zero-order chi connectivity index (χ0) is 17.9. The van der Waals surface area contributed by atoms with Gasteiger partial charge in [-0.05, 0) is 37.1 Å². The molecule has 3 nitrogen and oxygen atoms in total. The maximum Gasteiger partial charge on any atom is 0.232 e. The molecule has 0 aliphatic carbocycles. The van der Waals surface area contributed by atoms with Gasteiger partial charge in [0, 0.05) is 23.9 Å². The summed E-state index contributed by atoms with van der Waals surface area (Å²) in [6, 6.07) is 15.9. The number of halogens is 1. The second-order valence-corrected chi connectivity index (χ2v) is 8.90. The second kappa shape index (κ2) is 7.99. The number of carbonyl (C=O) groups excluding carboxylic acids is 1. The van der Waals surface area contributed by atoms with E-state index in [1.165, 1.54) is 16.5 Å². The summed E-state index contributed by atoms with van der Waals surface area (Å²) in [6.45, 7) is 1.60. The van der Waals surface area contributed by atoms with Crippen LogP contribution in [-0.2, 0) is 4.79 Å². The van der Waals surface area contributed by atoms with Crippen LogP contribution in [0.4, 0.5) is 0 Å². The Kier molecular flexibility index (Phi) is 5.48. The van der Waals surface area contributed by atoms with E-state index in [1.54, 1.807) is 11.3 Å². The Labute approximate surface area is 166 Å². The molecule has 0 saturated carbocycles. The highest BCUT2D eigenvalue weighted by atomic mass is 35.5. The quantitative estimate of drug-likeness (QED) is 0.544. The van der Waals surface area contributed by atoms with Crippen LogP contribution in [-0.4, -0.2) is 34.6 Å². The second-order valence-electron chi connectivity index (χ2n) is 6.42. The molecule has 3 aromatic rings. The Hall–Kier alpha value is -1.56. The molecule has 0 N–H and O–H groups in total. The molecule has 0 bridgehead atoms. The molecule has 6 heteroatoms. The first kappa shape index (κ1) is 17.8. The third kappa shape index (κ3) is 3.90. The van der Waals surface area contributed by atoms with Crippen LogP contribution >= 0.6 is 34.7 Å². The van der Waals surface area contributed by atoms with Crippen molar-refractivity contribution in [3.8, 4) is 0 Å². The average Bonchev–Trinajstić information content (AvgIpc) is 3.11. The van der Waals surface area contributed by atoms with E-state index in [9.17, 15) is 4.79 Å². The Balaban J connectivity index is 1.41. The van der Waals surface area contributed by atoms with Crippen molar-refractivity contribution in [1.29, 1.82) is 0 Å². The number of aromatic nitrogens is 1. The Morgan fingerprint density at radius 3 is 2.88 bits per heavy atom. The lowest BCUT2D eigenvalue weighted by atomic mass is 9.99. The number of hydrogen-bond donors (Lipinski definition) is 0. The normalized spacial score (nSPS) is 17.6. The van der Waals surface area contributed by atoms with Crippen LogP contribution in [0.25, 0.3) is 10.2 Å². The molecule has 1 aromatic heterocycles. The maximum atomic E-state index is 12.7. The fraction of sp³-hybridized carbons (Fsp3) is 0.300. The van der Waals surface area contributed by atoms with Crippen LogP contribution in [0.1, 0.15) is 23.8 Å². The highest BCUT2D eigenvalue weighted by molar-refractivity contribution is 8.00. The SMILES string of the molecule is O=C(CSc1ccccc1Cl)N1CCC[C@@H](c2nc3ccccc3s2)C1. The molecule has 4 rings (SSSR count). The zero-order valence-corrected chi connectivity index (χ0v) is 16.6. The summed E-state index contributed by atoms with van der Waals surface area (Å²) in [5.74, 6) is 0.951. The van der Waals surface area contributed by atoms with E-state index >= 15 is 0 Å². The average molecular weight is 403 g/mol. The van der Waals surface area contributed by atoms with Gasteiger partial charge < -0.3 is 4.90 Å². The minimum Gasteiger partial charge on any atom is -0.341 e. The molecule has 1 amide bonds. The van der Waals surface area contributed by atoms with Gasteiger partial charge in [0.15, 0.2) is 0 Å². The molecule has 2 heterocycles. The third-order valence-corrected chi connectivity index (χ3v) is 7.32. The topological polar surface area (TPSA) is 33.2 Å². The highest BCUT2D eigenvalue weighted by Gasteiger charge is 2.26. The van der Waals surface area contributed by atoms with Crippen molar-refractivity contribution < 1.29 is 4.79 Å². The molecule has 1 aliphatic heterocycles. The van der Waals surface area contributed by atoms with E-state index < -0.39 is 0 Å². The number of rotatable bonds is 4. The number of nitrogens with zero attached hydrogens (tertiary/aromatic N) is 2. The van der Waals surface area contributed by atoms with E-state index in [0.29, 0.717) is 16.7 Å². The van der Waals surface area contributed by atoms with Crippen molar-refractivity contribution >= 4 is 50.8 Å². The van der Waals surface area contributed by atoms with Crippen LogP contribution in [0.5, 0.6) is 0 Å². The van der Waals surface area contributed by atoms with Gasteiger partial charge in [0.25, 0.3) is 0 Å². The lowest BCUT2D eigenvalue weighted by molar-refractivity contribution is -0.129. The fourth-order valence-electron chi connectivity index (χ4n) is 3.26. The van der Waals surface area contributed by atoms with Crippen LogP contribution in [0, 0.1) is 0 Å². The van der Waals surface area contributed by atoms with Gasteiger partial charge in [-0.2, -0.15) is 0 Å². The van der Waals surface area contributed by atoms with Gasteiger partial charge >= 0.3 is 0 Å². The van der Waals surface area contributed by atoms with Gasteiger partial charge in [-0.3, -0.25) is 4.79 Å². The number of piperidine rings is 1. The van der Waals surface area contributed by atoms with Gasteiger partial charge in [-0.15, -0.1) is 23.1 Å². The number of thioether (sulfide) groups is 1. The zero-order valence-electron chi connectivity index (χ0n) is 14.2. The number of amides is 1. The van der Waals surface area contributed by atoms with E-state index in [2.05, 4.69) is 12.1 Å². The van der Waals surface area contributed by atoms with Crippen LogP contribution in [0.2, 0.25) is 5.02 Å². The summed E-state index contributed by atoms with van der Waals surface area (Å²) < 4.78 is 1.22. The smallest absolute Gasteiger partial charge is 0.232 e. The van der Waals surface area contributed by atoms with Gasteiger partial charge in [-0.25, -0.2) is 4.98 Å². The molecule has 0 unspecified atom stereocenters. The van der Waals surface area contributed by atoms with Gasteiger partial charge in [0.05, 0.1) is 26.0 Å². The van der Waals surface area contributed by atoms with Crippen molar-refractivity contribution in [1.82, 2.24) is 9.88 Å². The monoisotopic (exact) mass is 402 g/mol. The lowest BCUT2D eigenvalue weighted by Gasteiger charge is -2.31. The summed E-state index contributed by atoms with van der Waals surface area (Å²) in [5, 5.41) is 1.86. The van der Waals surface area contributed by atoms with Crippen molar-refractivity contribution in [2.24, 2.45) is 0 Å². The minimum absolute atomic E-state index is 0.181. The Bertz CT molecular complexity index is 894. The molecular formula is C20H19ClN2OS2. The summed E-state index contributed by atoms with van der Waals surface area (Å²) in [4.78, 5) is 20.4. The van der Waals surface area contributed by atoms with E-state index in [0.717, 1.165) is 41.4 Å². The molecule has 1 atom stereocenters. The standard InChI is InChI=1S/C20H19ClN2OS2/c21-15-7-1-3-9-17(15)25-13-19(24)23-11-5-6-14(12-23)20-22-16-8-2-4-10-18(16)26-20/h1-4,7-10,14H,5-6,11-13H2/t14-/m1/s1. The molecule has 1 saturated heterocycles. The number of carbonyl (C=O) groups is 1. The maximum absolute atomic E-state index is 12.7. The molecule has 26 heavy (non-hydrogen) atoms. The molecule has 134 valence electrons. The number of para-hydroxylation sites is 1. The molecular weight excluding hydrogens is 384 g/mol. The summed E-state index contributed by atoms with van der Waals surface area (Å²) in [6.07, 6.45) is 2.13. The van der Waals surface area contributed by atoms with Crippen LogP contribution < -0.4 is 0 Å². The predicted molar refractivity (Wildman–Crippen MR) is 110 cm³/mol. The number of hydrogen-bond acceptors (Lipinski definition) is 4. The van der Waals surface area contributed by atoms with Crippen molar-refractivity contribution in [3.63, 3.8) is 0 Å². The van der Waals surface area contributed by atoms with E-state index in [1.807, 2.05) is 41.3 Å². The number of benzene rings is 2. The summed E-state index contributed by atoms with van der Waals surface area (Å²) >= 11 is 9.45. The minimum atomic E-state index is 0.181. The number of fused-ring (bicyclic) bond motifs is 1. The Morgan fingerprint density at radius 2 is 2.04 bits per heavy atom. The molecule has 1 aliphatic rings. The van der Waals surface area contributed by atoms with Crippen molar-refractivity contribution in [2.75, 3.05) is 18.8 Å². The predicted octanol–water partition coefficient (Wildman–Crippen LogP) is 5.45. The van der Waals surface area contributed by atoms with Crippen molar-refractivity contribution in [2.45, 2.75) is 23.7 Å². The fourth-order valence-corrected chi connectivity index (χ4v) is 5.50. The molecule has 2 aromatic carbocycles. The highest BCUT2D eigenvalue weighted by Crippen LogP contribution is 2.33. The summed E-state index contributed by atoms with van der Waals surface area (Å²) in [7, 11) is 0. The number of likely N-dealkylation sites (tertiary alicyclic amines) is 1. The molecule has 0 radical (unpaired) electrons. The van der Waals surface area contributed by atoms with Crippen LogP contribution in [0.15, 0.2) is 53.4 Å². The van der Waals surface area contributed by atoms with Gasteiger partial charge in [0.1, 0.15) is 0 Å². The Morgan fingerprint density at radius 1 is 1.23 bits per heavy atom. The first-order chi connectivity index (χ1) is 12.7. The van der Waals surface area contributed by atoms with Crippen LogP contribution in [0.3, 0.4) is 0 Å². The molecule has 0 spiro atoms. The first-order valence-corrected chi connectivity index (χ1v) is 10.9. The largest absolute Gasteiger partial charge is 0.341 e. The van der Waals surface area contributed by atoms with E-state index in [-0.39, 0.29) is 5.91 Å². The van der Waals surface area contributed by atoms with Crippen molar-refractivity contribution in [3.05, 3.63) is 58.6 Å². The van der Waals surface area contributed by atoms with Gasteiger partial charge in [-0.1, -0.05) is 35.9 Å². The number of thiazole rings is 1. The molecule has 1 fully saturated rings. The lowest BCUT2D eigenvalue weighted by Crippen LogP contribution is -2.40. The van der Waals surface area contributed by atoms with E-state index in [4.69, 9.17) is 16.6 Å².